The van der Waals surface area contributed by atoms with E-state index in [1.54, 1.807) is 6.92 Å². The van der Waals surface area contributed by atoms with Gasteiger partial charge in [-0.3, -0.25) is 0 Å². The number of rotatable bonds is 1. The van der Waals surface area contributed by atoms with E-state index in [2.05, 4.69) is 16.0 Å². The third-order valence-corrected chi connectivity index (χ3v) is 0.895. The van der Waals surface area contributed by atoms with Crippen LogP contribution in [0.2, 0.25) is 0 Å². The van der Waals surface area contributed by atoms with E-state index in [0.29, 0.717) is 0 Å². The summed E-state index contributed by atoms with van der Waals surface area (Å²) in [4.78, 5) is 9.94. The summed E-state index contributed by atoms with van der Waals surface area (Å²) in [5.41, 5.74) is 5.04. The van der Waals surface area contributed by atoms with Crippen molar-refractivity contribution in [2.45, 2.75) is 13.0 Å². The molecule has 0 rings (SSSR count). The van der Waals surface area contributed by atoms with Crippen LogP contribution in [-0.2, 0) is 40.3 Å². The molecule has 1 atom stereocenters. The fraction of sp³-hybridized carbons (Fsp3) is 0.667. The second-order valence-corrected chi connectivity index (χ2v) is 1.67. The molecule has 0 aromatic carbocycles. The second kappa shape index (κ2) is 9.41. The molecule has 0 unspecified atom stereocenters. The van der Waals surface area contributed by atoms with Crippen LogP contribution in [0, 0.1) is 0 Å². The minimum atomic E-state index is -0.370. The maximum Gasteiger partial charge on any atom is 0 e. The fourth-order valence-corrected chi connectivity index (χ4v) is 0. The number of hydrogen-bond acceptors (Lipinski definition) is 2. The molecule has 0 heterocycles. The van der Waals surface area contributed by atoms with Gasteiger partial charge < -0.3 is 0 Å². The van der Waals surface area contributed by atoms with Gasteiger partial charge in [-0.1, -0.05) is 0 Å². The molecule has 0 spiro atoms. The summed E-state index contributed by atoms with van der Waals surface area (Å²) in [7, 11) is 0. The molecule has 0 radical (unpaired) electrons. The first-order chi connectivity index (χ1) is 2.64. The first-order valence-electron chi connectivity index (χ1n) is 1.59. The molecule has 0 aliphatic rings. The molecule has 0 aromatic rings. The molecule has 0 aliphatic carbocycles. The Labute approximate surface area is 113 Å². The van der Waals surface area contributed by atoms with E-state index in [1.165, 1.54) is 0 Å². The maximum absolute atomic E-state index is 9.94. The molecule has 5 heteroatoms. The average Bonchev–Trinajstić information content (AvgIpc) is 1.36. The number of carbonyl (C=O) groups excluding carboxylic acids is 1. The summed E-state index contributed by atoms with van der Waals surface area (Å²) >= 11 is 2.67. The van der Waals surface area contributed by atoms with E-state index < -0.39 is 0 Å². The van der Waals surface area contributed by atoms with Crippen LogP contribution >= 0.6 is 0 Å². The van der Waals surface area contributed by atoms with Gasteiger partial charge in [-0.25, -0.2) is 0 Å². The third-order valence-electron chi connectivity index (χ3n) is 0.358. The number of hydrogen-bond donors (Lipinski definition) is 1. The minimum Gasteiger partial charge on any atom is 0 e. The van der Waals surface area contributed by atoms with Gasteiger partial charge in [0, 0.05) is 19.5 Å². The van der Waals surface area contributed by atoms with Crippen molar-refractivity contribution in [2.24, 2.45) is 5.73 Å². The third kappa shape index (κ3) is 11.2. The van der Waals surface area contributed by atoms with Crippen LogP contribution < -0.4 is 5.73 Å². The topological polar surface area (TPSA) is 43.1 Å². The SMILES string of the molecule is C[C@H](N)[C](=O)[Mn].[KH].[Zn]. The molecule has 40 valence electrons. The Morgan fingerprint density at radius 2 is 1.88 bits per heavy atom. The molecule has 0 bridgehead atoms. The minimum absolute atomic E-state index is 0. The molecule has 2 nitrogen and oxygen atoms in total. The van der Waals surface area contributed by atoms with Gasteiger partial charge in [0.2, 0.25) is 0 Å². The molecule has 0 amide bonds. The molecule has 0 saturated heterocycles. The molecular weight excluding hydrogens is 225 g/mol. The van der Waals surface area contributed by atoms with Crippen LogP contribution in [0.4, 0.5) is 0 Å². The summed E-state index contributed by atoms with van der Waals surface area (Å²) < 4.78 is -0.150. The van der Waals surface area contributed by atoms with E-state index in [-0.39, 0.29) is 81.6 Å². The van der Waals surface area contributed by atoms with Crippen LogP contribution in [0.25, 0.3) is 0 Å². The summed E-state index contributed by atoms with van der Waals surface area (Å²) in [6, 6.07) is -0.370. The van der Waals surface area contributed by atoms with Gasteiger partial charge in [0.05, 0.1) is 0 Å². The molecular formula is C3H7KMnNOZn. The predicted octanol–water partition coefficient (Wildman–Crippen LogP) is -1.24. The maximum atomic E-state index is 9.94. The zero-order valence-corrected chi connectivity index (χ0v) is 8.30. The van der Waals surface area contributed by atoms with Crippen LogP contribution in [-0.4, -0.2) is 62.1 Å². The molecule has 0 saturated carbocycles. The van der Waals surface area contributed by atoms with Crippen LogP contribution in [0.3, 0.4) is 0 Å². The summed E-state index contributed by atoms with van der Waals surface area (Å²) in [5, 5.41) is 0. The normalized spacial score (nSPS) is 10.4. The predicted molar refractivity (Wildman–Crippen MR) is 25.8 cm³/mol. The first-order valence-corrected chi connectivity index (χ1v) is 2.18. The average molecular weight is 233 g/mol. The molecule has 0 fully saturated rings. The zero-order valence-electron chi connectivity index (χ0n) is 4.15. The van der Waals surface area contributed by atoms with Crippen molar-refractivity contribution in [3.05, 3.63) is 0 Å². The van der Waals surface area contributed by atoms with Gasteiger partial charge in [0.1, 0.15) is 0 Å². The standard InChI is InChI=1S/C3H6NO.K.Mn.Zn.H/c1-3(4)2-5;;;;/h3H,4H2,1H3;;;;/t3-;;;;/m0..../s1. The van der Waals surface area contributed by atoms with E-state index in [1.807, 2.05) is 0 Å². The summed E-state index contributed by atoms with van der Waals surface area (Å²) in [6.45, 7) is 1.62. The second-order valence-electron chi connectivity index (χ2n) is 1.09. The van der Waals surface area contributed by atoms with E-state index >= 15 is 0 Å². The molecule has 0 aromatic heterocycles. The van der Waals surface area contributed by atoms with Crippen molar-refractivity contribution in [1.82, 2.24) is 0 Å². The van der Waals surface area contributed by atoms with Crippen molar-refractivity contribution in [3.63, 3.8) is 0 Å². The first kappa shape index (κ1) is 16.8. The van der Waals surface area contributed by atoms with E-state index in [9.17, 15) is 4.79 Å². The van der Waals surface area contributed by atoms with Crippen LogP contribution in [0.1, 0.15) is 6.92 Å². The summed E-state index contributed by atoms with van der Waals surface area (Å²) in [5.74, 6) is 0. The van der Waals surface area contributed by atoms with Gasteiger partial charge >= 0.3 is 95.6 Å². The van der Waals surface area contributed by atoms with Crippen LogP contribution in [0.15, 0.2) is 0 Å². The Balaban J connectivity index is -0.000000125. The number of nitrogens with two attached hydrogens (primary N) is 1. The van der Waals surface area contributed by atoms with Crippen molar-refractivity contribution < 1.29 is 40.3 Å². The fourth-order valence-electron chi connectivity index (χ4n) is 0. The van der Waals surface area contributed by atoms with Gasteiger partial charge in [-0.15, -0.1) is 0 Å². The zero-order chi connectivity index (χ0) is 5.15. The Morgan fingerprint density at radius 3 is 1.88 bits per heavy atom. The molecule has 2 N–H and O–H groups in total. The van der Waals surface area contributed by atoms with Gasteiger partial charge in [0.25, 0.3) is 0 Å². The Kier molecular flexibility index (Phi) is 19.7. The van der Waals surface area contributed by atoms with E-state index in [4.69, 9.17) is 5.73 Å². The van der Waals surface area contributed by atoms with Crippen molar-refractivity contribution in [1.29, 1.82) is 0 Å². The van der Waals surface area contributed by atoms with Crippen molar-refractivity contribution in [2.75, 3.05) is 0 Å². The Morgan fingerprint density at radius 1 is 1.75 bits per heavy atom. The number of carbonyl (C=O) groups is 1. The monoisotopic (exact) mass is 231 g/mol. The quantitative estimate of drug-likeness (QED) is 0.575. The Hall–Kier alpha value is 2.41. The Bertz CT molecular complexity index is 70.3. The van der Waals surface area contributed by atoms with Crippen LogP contribution in [0.5, 0.6) is 0 Å². The largest absolute Gasteiger partial charge is 0 e. The molecule has 0 aliphatic heterocycles. The van der Waals surface area contributed by atoms with Gasteiger partial charge in [-0.2, -0.15) is 0 Å². The smallest absolute Gasteiger partial charge is 0 e. The molecule has 8 heavy (non-hydrogen) atoms. The van der Waals surface area contributed by atoms with E-state index in [0.717, 1.165) is 0 Å². The van der Waals surface area contributed by atoms with Crippen molar-refractivity contribution in [3.8, 4) is 0 Å². The van der Waals surface area contributed by atoms with Crippen molar-refractivity contribution >= 4 is 56.1 Å². The van der Waals surface area contributed by atoms with Gasteiger partial charge in [-0.05, 0) is 0 Å². The van der Waals surface area contributed by atoms with Gasteiger partial charge in [0.15, 0.2) is 0 Å². The summed E-state index contributed by atoms with van der Waals surface area (Å²) in [6.07, 6.45) is 0.